The van der Waals surface area contributed by atoms with E-state index in [9.17, 15) is 9.18 Å². The van der Waals surface area contributed by atoms with E-state index in [1.54, 1.807) is 30.3 Å². The molecule has 0 aromatic heterocycles. The van der Waals surface area contributed by atoms with Gasteiger partial charge in [0.1, 0.15) is 5.82 Å². The van der Waals surface area contributed by atoms with E-state index in [-0.39, 0.29) is 31.2 Å². The molecular weight excluding hydrogens is 399 g/mol. The maximum absolute atomic E-state index is 14.7. The van der Waals surface area contributed by atoms with Crippen LogP contribution in [0.15, 0.2) is 36.4 Å². The molecule has 0 bridgehead atoms. The quantitative estimate of drug-likeness (QED) is 0.803. The van der Waals surface area contributed by atoms with Crippen molar-refractivity contribution in [2.24, 2.45) is 0 Å². The van der Waals surface area contributed by atoms with Gasteiger partial charge < -0.3 is 19.5 Å². The van der Waals surface area contributed by atoms with E-state index < -0.39 is 6.04 Å². The van der Waals surface area contributed by atoms with Crippen LogP contribution in [0.5, 0.6) is 11.5 Å². The van der Waals surface area contributed by atoms with Crippen molar-refractivity contribution in [2.45, 2.75) is 19.1 Å². The lowest BCUT2D eigenvalue weighted by molar-refractivity contribution is -0.0346. The van der Waals surface area contributed by atoms with E-state index in [0.717, 1.165) is 0 Å². The standard InChI is InChI=1S/C21H22ClFN2O4/c1-13-11-25(7-8-27-13)17(20-15(22)3-2-4-16(20)23)10-24-21(26)14-5-6-18-19(9-14)29-12-28-18/h2-6,9,13,17H,7-8,10-12H2,1H3,(H,24,26). The normalized spacial score (nSPS) is 19.8. The number of nitrogens with one attached hydrogen (secondary N) is 1. The number of nitrogens with zero attached hydrogens (tertiary/aromatic N) is 1. The third-order valence-electron chi connectivity index (χ3n) is 5.14. The van der Waals surface area contributed by atoms with Crippen molar-refractivity contribution in [2.75, 3.05) is 33.0 Å². The molecule has 1 amide bonds. The van der Waals surface area contributed by atoms with Crippen molar-refractivity contribution >= 4 is 17.5 Å². The van der Waals surface area contributed by atoms with Gasteiger partial charge in [-0.2, -0.15) is 0 Å². The van der Waals surface area contributed by atoms with Crippen molar-refractivity contribution in [1.82, 2.24) is 10.2 Å². The molecule has 2 aliphatic heterocycles. The third-order valence-corrected chi connectivity index (χ3v) is 5.47. The van der Waals surface area contributed by atoms with Crippen LogP contribution < -0.4 is 14.8 Å². The van der Waals surface area contributed by atoms with Gasteiger partial charge in [0.05, 0.1) is 18.8 Å². The first-order valence-electron chi connectivity index (χ1n) is 9.50. The van der Waals surface area contributed by atoms with Crippen LogP contribution in [-0.2, 0) is 4.74 Å². The predicted molar refractivity (Wildman–Crippen MR) is 106 cm³/mol. The van der Waals surface area contributed by atoms with Crippen molar-refractivity contribution < 1.29 is 23.4 Å². The molecule has 6 nitrogen and oxygen atoms in total. The summed E-state index contributed by atoms with van der Waals surface area (Å²) in [5, 5.41) is 3.25. The topological polar surface area (TPSA) is 60.0 Å². The highest BCUT2D eigenvalue weighted by Crippen LogP contribution is 2.33. The summed E-state index contributed by atoms with van der Waals surface area (Å²) in [4.78, 5) is 14.8. The molecule has 2 aromatic rings. The first kappa shape index (κ1) is 19.9. The first-order chi connectivity index (χ1) is 14.0. The molecule has 0 radical (unpaired) electrons. The van der Waals surface area contributed by atoms with Crippen LogP contribution in [0.4, 0.5) is 4.39 Å². The molecule has 4 rings (SSSR count). The van der Waals surface area contributed by atoms with Crippen LogP contribution in [0.1, 0.15) is 28.9 Å². The number of halogens is 2. The van der Waals surface area contributed by atoms with E-state index in [2.05, 4.69) is 10.2 Å². The summed E-state index contributed by atoms with van der Waals surface area (Å²) in [6, 6.07) is 9.23. The molecule has 1 N–H and O–H groups in total. The molecule has 0 spiro atoms. The minimum atomic E-state index is -0.409. The van der Waals surface area contributed by atoms with Crippen LogP contribution in [-0.4, -0.2) is 49.9 Å². The van der Waals surface area contributed by atoms with Crippen molar-refractivity contribution in [1.29, 1.82) is 0 Å². The maximum Gasteiger partial charge on any atom is 0.251 e. The number of amides is 1. The molecule has 2 aromatic carbocycles. The molecule has 2 atom stereocenters. The van der Waals surface area contributed by atoms with Gasteiger partial charge in [-0.1, -0.05) is 17.7 Å². The fraction of sp³-hybridized carbons (Fsp3) is 0.381. The van der Waals surface area contributed by atoms with Crippen molar-refractivity contribution in [3.05, 3.63) is 58.4 Å². The molecule has 8 heteroatoms. The minimum Gasteiger partial charge on any atom is -0.454 e. The molecule has 0 saturated carbocycles. The van der Waals surface area contributed by atoms with E-state index in [4.69, 9.17) is 25.8 Å². The lowest BCUT2D eigenvalue weighted by atomic mass is 10.0. The lowest BCUT2D eigenvalue weighted by Crippen LogP contribution is -2.47. The number of ether oxygens (including phenoxy) is 3. The molecule has 29 heavy (non-hydrogen) atoms. The van der Waals surface area contributed by atoms with Crippen molar-refractivity contribution in [3.8, 4) is 11.5 Å². The maximum atomic E-state index is 14.7. The highest BCUT2D eigenvalue weighted by molar-refractivity contribution is 6.31. The molecule has 1 fully saturated rings. The molecule has 0 aliphatic carbocycles. The zero-order chi connectivity index (χ0) is 20.4. The fourth-order valence-corrected chi connectivity index (χ4v) is 3.99. The number of fused-ring (bicyclic) bond motifs is 1. The van der Waals surface area contributed by atoms with Gasteiger partial charge in [-0.15, -0.1) is 0 Å². The van der Waals surface area contributed by atoms with Crippen LogP contribution in [0.25, 0.3) is 0 Å². The Kier molecular flexibility index (Phi) is 5.89. The van der Waals surface area contributed by atoms with Crippen LogP contribution in [0, 0.1) is 5.82 Å². The predicted octanol–water partition coefficient (Wildman–Crippen LogP) is 3.40. The molecular formula is C21H22ClFN2O4. The monoisotopic (exact) mass is 420 g/mol. The van der Waals surface area contributed by atoms with Gasteiger partial charge in [0.2, 0.25) is 6.79 Å². The Labute approximate surface area is 173 Å². The van der Waals surface area contributed by atoms with Crippen LogP contribution in [0.3, 0.4) is 0 Å². The Morgan fingerprint density at radius 1 is 1.31 bits per heavy atom. The number of hydrogen-bond donors (Lipinski definition) is 1. The molecule has 2 heterocycles. The SMILES string of the molecule is CC1CN(C(CNC(=O)c2ccc3c(c2)OCO3)c2c(F)cccc2Cl)CCO1. The fourth-order valence-electron chi connectivity index (χ4n) is 3.70. The summed E-state index contributed by atoms with van der Waals surface area (Å²) >= 11 is 6.34. The van der Waals surface area contributed by atoms with Gasteiger partial charge in [0.25, 0.3) is 5.91 Å². The van der Waals surface area contributed by atoms with Gasteiger partial charge in [0, 0.05) is 35.8 Å². The summed E-state index contributed by atoms with van der Waals surface area (Å²) in [7, 11) is 0. The Morgan fingerprint density at radius 3 is 2.93 bits per heavy atom. The molecule has 154 valence electrons. The Balaban J connectivity index is 1.54. The third kappa shape index (κ3) is 4.32. The summed E-state index contributed by atoms with van der Waals surface area (Å²) < 4.78 is 30.9. The van der Waals surface area contributed by atoms with E-state index in [0.29, 0.717) is 47.3 Å². The van der Waals surface area contributed by atoms with Gasteiger partial charge in [0.15, 0.2) is 11.5 Å². The Morgan fingerprint density at radius 2 is 2.14 bits per heavy atom. The zero-order valence-corrected chi connectivity index (χ0v) is 16.7. The Bertz CT molecular complexity index is 890. The number of rotatable bonds is 5. The number of benzene rings is 2. The van der Waals surface area contributed by atoms with Gasteiger partial charge in [-0.3, -0.25) is 9.69 Å². The van der Waals surface area contributed by atoms with E-state index >= 15 is 0 Å². The highest BCUT2D eigenvalue weighted by atomic mass is 35.5. The average molecular weight is 421 g/mol. The second-order valence-corrected chi connectivity index (χ2v) is 7.51. The lowest BCUT2D eigenvalue weighted by Gasteiger charge is -2.38. The van der Waals surface area contributed by atoms with Crippen molar-refractivity contribution in [3.63, 3.8) is 0 Å². The smallest absolute Gasteiger partial charge is 0.251 e. The summed E-state index contributed by atoms with van der Waals surface area (Å²) in [5.41, 5.74) is 0.831. The minimum absolute atomic E-state index is 0.0151. The molecule has 2 aliphatic rings. The number of hydrogen-bond acceptors (Lipinski definition) is 5. The Hall–Kier alpha value is -2.35. The molecule has 1 saturated heterocycles. The first-order valence-corrected chi connectivity index (χ1v) is 9.88. The van der Waals surface area contributed by atoms with Gasteiger partial charge in [-0.25, -0.2) is 4.39 Å². The average Bonchev–Trinajstić information content (AvgIpc) is 3.17. The largest absolute Gasteiger partial charge is 0.454 e. The highest BCUT2D eigenvalue weighted by Gasteiger charge is 2.29. The molecule has 2 unspecified atom stereocenters. The van der Waals surface area contributed by atoms with Gasteiger partial charge in [-0.05, 0) is 37.3 Å². The zero-order valence-electron chi connectivity index (χ0n) is 16.0. The number of carbonyl (C=O) groups excluding carboxylic acids is 1. The van der Waals surface area contributed by atoms with Crippen LogP contribution in [0.2, 0.25) is 5.02 Å². The summed E-state index contributed by atoms with van der Waals surface area (Å²) in [5.74, 6) is 0.481. The van der Waals surface area contributed by atoms with Gasteiger partial charge >= 0.3 is 0 Å². The summed E-state index contributed by atoms with van der Waals surface area (Å²) in [6.07, 6.45) is 0.0151. The van der Waals surface area contributed by atoms with E-state index in [1.165, 1.54) is 6.07 Å². The number of morpholine rings is 1. The number of carbonyl (C=O) groups is 1. The second-order valence-electron chi connectivity index (χ2n) is 7.11. The van der Waals surface area contributed by atoms with Crippen LogP contribution >= 0.6 is 11.6 Å². The summed E-state index contributed by atoms with van der Waals surface area (Å²) in [6.45, 7) is 4.11. The second kappa shape index (κ2) is 8.57. The van der Waals surface area contributed by atoms with E-state index in [1.807, 2.05) is 6.92 Å².